The lowest BCUT2D eigenvalue weighted by Crippen LogP contribution is -2.53. The molecule has 1 aliphatic rings. The molecular formula is C34H41NO5. The molecule has 212 valence electrons. The van der Waals surface area contributed by atoms with Crippen LogP contribution >= 0.6 is 0 Å². The minimum absolute atomic E-state index is 0.169. The maximum atomic E-state index is 13.9. The third-order valence-corrected chi connectivity index (χ3v) is 7.75. The highest BCUT2D eigenvalue weighted by Gasteiger charge is 2.57. The first-order valence-corrected chi connectivity index (χ1v) is 14.3. The van der Waals surface area contributed by atoms with Crippen molar-refractivity contribution in [3.8, 4) is 0 Å². The van der Waals surface area contributed by atoms with Gasteiger partial charge in [-0.15, -0.1) is 0 Å². The van der Waals surface area contributed by atoms with Crippen LogP contribution in [0.15, 0.2) is 91.0 Å². The van der Waals surface area contributed by atoms with Crippen LogP contribution in [0.2, 0.25) is 0 Å². The second-order valence-electron chi connectivity index (χ2n) is 10.4. The van der Waals surface area contributed by atoms with Crippen LogP contribution in [0.1, 0.15) is 43.4 Å². The van der Waals surface area contributed by atoms with Crippen molar-refractivity contribution in [2.45, 2.75) is 52.2 Å². The van der Waals surface area contributed by atoms with Crippen LogP contribution in [0, 0.1) is 11.3 Å². The maximum Gasteiger partial charge on any atom is 0.323 e. The third kappa shape index (κ3) is 7.38. The number of esters is 2. The van der Waals surface area contributed by atoms with Gasteiger partial charge in [-0.25, -0.2) is 0 Å². The highest BCUT2D eigenvalue weighted by atomic mass is 16.6. The van der Waals surface area contributed by atoms with Gasteiger partial charge in [0, 0.05) is 31.7 Å². The summed E-state index contributed by atoms with van der Waals surface area (Å²) >= 11 is 0. The van der Waals surface area contributed by atoms with E-state index in [0.29, 0.717) is 39.1 Å². The first kappa shape index (κ1) is 29.5. The number of nitrogens with zero attached hydrogens (tertiary/aromatic N) is 1. The van der Waals surface area contributed by atoms with E-state index in [0.717, 1.165) is 5.56 Å². The average molecular weight is 544 g/mol. The number of hydrogen-bond donors (Lipinski definition) is 0. The zero-order valence-corrected chi connectivity index (χ0v) is 23.7. The summed E-state index contributed by atoms with van der Waals surface area (Å²) in [6, 6.07) is 30.8. The molecule has 6 nitrogen and oxygen atoms in total. The molecule has 1 saturated heterocycles. The molecule has 4 rings (SSSR count). The molecule has 3 aromatic carbocycles. The number of carbonyl (C=O) groups excluding carboxylic acids is 2. The largest absolute Gasteiger partial charge is 0.465 e. The lowest BCUT2D eigenvalue weighted by molar-refractivity contribution is -0.179. The zero-order chi connectivity index (χ0) is 28.2. The van der Waals surface area contributed by atoms with Crippen LogP contribution in [-0.4, -0.2) is 49.3 Å². The van der Waals surface area contributed by atoms with Gasteiger partial charge in [0.1, 0.15) is 0 Å². The van der Waals surface area contributed by atoms with E-state index in [4.69, 9.17) is 14.2 Å². The SMILES string of the molecule is CCOC(=O)C(C[C@H](Cc1ccccc1)N(Cc1ccccc1)Cc1ccccc1)(C(=O)OCC)C1CCOC1. The molecular weight excluding hydrogens is 502 g/mol. The van der Waals surface area contributed by atoms with Gasteiger partial charge in [0.05, 0.1) is 19.8 Å². The Morgan fingerprint density at radius 1 is 0.800 bits per heavy atom. The Morgan fingerprint density at radius 3 is 1.70 bits per heavy atom. The number of rotatable bonds is 14. The van der Waals surface area contributed by atoms with Gasteiger partial charge in [-0.05, 0) is 49.8 Å². The Morgan fingerprint density at radius 2 is 1.27 bits per heavy atom. The second kappa shape index (κ2) is 14.8. The van der Waals surface area contributed by atoms with E-state index in [1.165, 1.54) is 11.1 Å². The first-order chi connectivity index (χ1) is 19.6. The molecule has 1 heterocycles. The average Bonchev–Trinajstić information content (AvgIpc) is 3.52. The first-order valence-electron chi connectivity index (χ1n) is 14.3. The van der Waals surface area contributed by atoms with Gasteiger partial charge in [0.15, 0.2) is 5.41 Å². The normalized spacial score (nSPS) is 16.0. The molecule has 0 aromatic heterocycles. The van der Waals surface area contributed by atoms with Crippen molar-refractivity contribution < 1.29 is 23.8 Å². The molecule has 0 bridgehead atoms. The Hall–Kier alpha value is -3.48. The van der Waals surface area contributed by atoms with Gasteiger partial charge in [0.25, 0.3) is 0 Å². The summed E-state index contributed by atoms with van der Waals surface area (Å²) in [6.07, 6.45) is 1.54. The van der Waals surface area contributed by atoms with Crippen molar-refractivity contribution in [2.75, 3.05) is 26.4 Å². The molecule has 2 atom stereocenters. The second-order valence-corrected chi connectivity index (χ2v) is 10.4. The van der Waals surface area contributed by atoms with Gasteiger partial charge in [-0.3, -0.25) is 14.5 Å². The molecule has 0 N–H and O–H groups in total. The van der Waals surface area contributed by atoms with Crippen molar-refractivity contribution in [1.29, 1.82) is 0 Å². The molecule has 1 fully saturated rings. The van der Waals surface area contributed by atoms with Crippen molar-refractivity contribution in [3.05, 3.63) is 108 Å². The summed E-state index contributed by atoms with van der Waals surface area (Å²) in [5, 5.41) is 0. The summed E-state index contributed by atoms with van der Waals surface area (Å²) in [7, 11) is 0. The molecule has 0 saturated carbocycles. The minimum Gasteiger partial charge on any atom is -0.465 e. The van der Waals surface area contributed by atoms with Crippen LogP contribution in [0.25, 0.3) is 0 Å². The Balaban J connectivity index is 1.81. The minimum atomic E-state index is -1.46. The number of benzene rings is 3. The fourth-order valence-electron chi connectivity index (χ4n) is 5.73. The topological polar surface area (TPSA) is 65.1 Å². The molecule has 1 aliphatic heterocycles. The molecule has 0 spiro atoms. The van der Waals surface area contributed by atoms with E-state index in [1.54, 1.807) is 13.8 Å². The number of ether oxygens (including phenoxy) is 3. The zero-order valence-electron chi connectivity index (χ0n) is 23.7. The van der Waals surface area contributed by atoms with Crippen LogP contribution in [0.5, 0.6) is 0 Å². The number of hydrogen-bond acceptors (Lipinski definition) is 6. The van der Waals surface area contributed by atoms with E-state index < -0.39 is 17.4 Å². The summed E-state index contributed by atoms with van der Waals surface area (Å²) in [5.74, 6) is -1.35. The van der Waals surface area contributed by atoms with Crippen molar-refractivity contribution in [2.24, 2.45) is 11.3 Å². The summed E-state index contributed by atoms with van der Waals surface area (Å²) in [5.41, 5.74) is 2.01. The molecule has 0 amide bonds. The fourth-order valence-corrected chi connectivity index (χ4v) is 5.73. The smallest absolute Gasteiger partial charge is 0.323 e. The highest BCUT2D eigenvalue weighted by Crippen LogP contribution is 2.43. The standard InChI is InChI=1S/C34H41NO5/c1-3-39-32(36)34(33(37)40-4-2,30-20-21-38-26-30)23-31(22-27-14-8-5-9-15-27)35(24-28-16-10-6-11-17-28)25-29-18-12-7-13-19-29/h5-19,30-31H,3-4,20-26H2,1-2H3/t30?,31-/m0/s1. The molecule has 1 unspecified atom stereocenters. The van der Waals surface area contributed by atoms with E-state index in [-0.39, 0.29) is 31.6 Å². The van der Waals surface area contributed by atoms with E-state index in [9.17, 15) is 9.59 Å². The Labute approximate surface area is 238 Å². The maximum absolute atomic E-state index is 13.9. The van der Waals surface area contributed by atoms with Crippen molar-refractivity contribution in [3.63, 3.8) is 0 Å². The lowest BCUT2D eigenvalue weighted by atomic mass is 9.69. The van der Waals surface area contributed by atoms with E-state index in [2.05, 4.69) is 41.3 Å². The Kier molecular flexibility index (Phi) is 10.9. The number of carbonyl (C=O) groups is 2. The molecule has 40 heavy (non-hydrogen) atoms. The van der Waals surface area contributed by atoms with Crippen LogP contribution < -0.4 is 0 Å². The monoisotopic (exact) mass is 543 g/mol. The summed E-state index contributed by atoms with van der Waals surface area (Å²) in [4.78, 5) is 30.2. The van der Waals surface area contributed by atoms with Gasteiger partial charge in [-0.1, -0.05) is 91.0 Å². The summed E-state index contributed by atoms with van der Waals surface area (Å²) in [6.45, 7) is 6.09. The summed E-state index contributed by atoms with van der Waals surface area (Å²) < 4.78 is 17.0. The predicted molar refractivity (Wildman–Crippen MR) is 155 cm³/mol. The van der Waals surface area contributed by atoms with Gasteiger partial charge >= 0.3 is 11.9 Å². The fraction of sp³-hybridized carbons (Fsp3) is 0.412. The lowest BCUT2D eigenvalue weighted by Gasteiger charge is -2.40. The molecule has 3 aromatic rings. The van der Waals surface area contributed by atoms with Gasteiger partial charge < -0.3 is 14.2 Å². The van der Waals surface area contributed by atoms with Crippen LogP contribution in [-0.2, 0) is 43.3 Å². The molecule has 0 aliphatic carbocycles. The van der Waals surface area contributed by atoms with Gasteiger partial charge in [0.2, 0.25) is 0 Å². The van der Waals surface area contributed by atoms with Crippen molar-refractivity contribution in [1.82, 2.24) is 4.90 Å². The van der Waals surface area contributed by atoms with Crippen LogP contribution in [0.4, 0.5) is 0 Å². The third-order valence-electron chi connectivity index (χ3n) is 7.75. The molecule has 6 heteroatoms. The quantitative estimate of drug-likeness (QED) is 0.188. The Bertz CT molecular complexity index is 1120. The van der Waals surface area contributed by atoms with Crippen LogP contribution in [0.3, 0.4) is 0 Å². The predicted octanol–water partition coefficient (Wildman–Crippen LogP) is 5.84. The molecule has 0 radical (unpaired) electrons. The van der Waals surface area contributed by atoms with Crippen molar-refractivity contribution >= 4 is 11.9 Å². The highest BCUT2D eigenvalue weighted by molar-refractivity contribution is 6.00. The van der Waals surface area contributed by atoms with E-state index >= 15 is 0 Å². The van der Waals surface area contributed by atoms with E-state index in [1.807, 2.05) is 54.6 Å². The van der Waals surface area contributed by atoms with Gasteiger partial charge in [-0.2, -0.15) is 0 Å².